The first kappa shape index (κ1) is 19.7. The molecule has 1 heterocycles. The Morgan fingerprint density at radius 1 is 1.08 bits per heavy atom. The van der Waals surface area contributed by atoms with E-state index in [-0.39, 0.29) is 10.6 Å². The quantitative estimate of drug-likeness (QED) is 0.881. The molecule has 138 valence electrons. The summed E-state index contributed by atoms with van der Waals surface area (Å²) in [4.78, 5) is -0.0114. The maximum absolute atomic E-state index is 12.6. The molecule has 0 saturated carbocycles. The van der Waals surface area contributed by atoms with E-state index in [1.165, 1.54) is 29.0 Å². The predicted molar refractivity (Wildman–Crippen MR) is 97.6 cm³/mol. The van der Waals surface area contributed by atoms with E-state index in [2.05, 4.69) is 5.10 Å². The summed E-state index contributed by atoms with van der Waals surface area (Å²) in [5, 5.41) is 8.85. The Balaban J connectivity index is 0.000000342. The molecule has 3 rings (SSSR count). The molecule has 1 aliphatic carbocycles. The van der Waals surface area contributed by atoms with Gasteiger partial charge in [-0.15, -0.1) is 0 Å². The summed E-state index contributed by atoms with van der Waals surface area (Å²) in [6.45, 7) is 1.65. The number of hydrogen-bond donors (Lipinski definition) is 1. The third-order valence-corrected chi connectivity index (χ3v) is 4.39. The van der Waals surface area contributed by atoms with E-state index in [4.69, 9.17) is 5.14 Å². The molecule has 0 amide bonds. The molecule has 2 N–H and O–H groups in total. The van der Waals surface area contributed by atoms with Crippen LogP contribution in [0.4, 0.5) is 8.78 Å². The van der Waals surface area contributed by atoms with Crippen LogP contribution in [0.3, 0.4) is 0 Å². The van der Waals surface area contributed by atoms with Gasteiger partial charge in [0.1, 0.15) is 5.69 Å². The molecule has 2 aromatic rings. The average molecular weight is 379 g/mol. The maximum atomic E-state index is 12.6. The van der Waals surface area contributed by atoms with Crippen molar-refractivity contribution in [3.05, 3.63) is 83.1 Å². The van der Waals surface area contributed by atoms with Gasteiger partial charge in [-0.25, -0.2) is 27.0 Å². The Morgan fingerprint density at radius 2 is 1.65 bits per heavy atom. The van der Waals surface area contributed by atoms with Crippen LogP contribution in [0.15, 0.2) is 71.7 Å². The number of allylic oxidation sites excluding steroid dienone is 5. The zero-order chi connectivity index (χ0) is 19.2. The summed E-state index contributed by atoms with van der Waals surface area (Å²) >= 11 is 0. The summed E-state index contributed by atoms with van der Waals surface area (Å²) in [5.41, 5.74) is 0.736. The van der Waals surface area contributed by atoms with Crippen LogP contribution < -0.4 is 5.14 Å². The van der Waals surface area contributed by atoms with Gasteiger partial charge in [0.05, 0.1) is 10.6 Å². The number of alkyl halides is 2. The lowest BCUT2D eigenvalue weighted by molar-refractivity contribution is 0.145. The smallest absolute Gasteiger partial charge is 0.238 e. The fourth-order valence-electron chi connectivity index (χ4n) is 2.22. The van der Waals surface area contributed by atoms with Crippen molar-refractivity contribution < 1.29 is 17.2 Å². The van der Waals surface area contributed by atoms with Crippen molar-refractivity contribution in [2.75, 3.05) is 0 Å². The van der Waals surface area contributed by atoms with Crippen molar-refractivity contribution >= 4 is 15.7 Å². The lowest BCUT2D eigenvalue weighted by Crippen LogP contribution is -2.13. The van der Waals surface area contributed by atoms with Crippen molar-refractivity contribution in [1.82, 2.24) is 9.78 Å². The van der Waals surface area contributed by atoms with Gasteiger partial charge >= 0.3 is 0 Å². The number of rotatable bonds is 3. The lowest BCUT2D eigenvalue weighted by Gasteiger charge is -2.04. The maximum Gasteiger partial charge on any atom is 0.282 e. The first-order chi connectivity index (χ1) is 12.3. The molecule has 26 heavy (non-hydrogen) atoms. The van der Waals surface area contributed by atoms with E-state index < -0.39 is 16.4 Å². The molecule has 1 aromatic carbocycles. The number of halogens is 2. The van der Waals surface area contributed by atoms with Gasteiger partial charge in [0.2, 0.25) is 10.0 Å². The van der Waals surface area contributed by atoms with Crippen molar-refractivity contribution in [2.24, 2.45) is 5.14 Å². The zero-order valence-corrected chi connectivity index (χ0v) is 14.9. The molecule has 0 radical (unpaired) electrons. The number of sulfonamides is 1. The molecule has 0 bridgehead atoms. The summed E-state index contributed by atoms with van der Waals surface area (Å²) < 4.78 is 49.1. The van der Waals surface area contributed by atoms with Crippen LogP contribution in [0.1, 0.15) is 24.2 Å². The largest absolute Gasteiger partial charge is 0.282 e. The van der Waals surface area contributed by atoms with Gasteiger partial charge in [-0.2, -0.15) is 5.10 Å². The molecule has 0 saturated heterocycles. The van der Waals surface area contributed by atoms with Crippen LogP contribution in [-0.2, 0) is 10.0 Å². The summed E-state index contributed by atoms with van der Waals surface area (Å²) in [6.07, 6.45) is 3.62. The van der Waals surface area contributed by atoms with Gasteiger partial charge in [0.25, 0.3) is 6.43 Å². The van der Waals surface area contributed by atoms with Crippen LogP contribution in [0.5, 0.6) is 0 Å². The van der Waals surface area contributed by atoms with Crippen molar-refractivity contribution in [3.63, 3.8) is 0 Å². The first-order valence-electron chi connectivity index (χ1n) is 7.75. The minimum Gasteiger partial charge on any atom is -0.238 e. The molecule has 0 spiro atoms. The number of aryl methyl sites for hydroxylation is 1. The van der Waals surface area contributed by atoms with Crippen LogP contribution in [-0.4, -0.2) is 18.2 Å². The first-order valence-corrected chi connectivity index (χ1v) is 9.30. The Hall–Kier alpha value is -2.58. The molecule has 0 aliphatic heterocycles. The fraction of sp³-hybridized carbons (Fsp3) is 0.167. The standard InChI is InChI=1S/C12H13F2N3O2S.C6H6/c1-8-7-11(12(13)14)16-17(8)9-3-2-4-10(6-5-9)20(15,18)19;1-2-4-6-5-3-1/h3-7,12H,2H2,1H3,(H2,15,18,19);1-6H. The van der Waals surface area contributed by atoms with E-state index in [9.17, 15) is 17.2 Å². The Kier molecular flexibility index (Phi) is 6.59. The highest BCUT2D eigenvalue weighted by atomic mass is 32.2. The third kappa shape index (κ3) is 5.47. The lowest BCUT2D eigenvalue weighted by atomic mass is 10.3. The highest BCUT2D eigenvalue weighted by molar-refractivity contribution is 7.93. The van der Waals surface area contributed by atoms with Crippen LogP contribution >= 0.6 is 0 Å². The van der Waals surface area contributed by atoms with Gasteiger partial charge < -0.3 is 0 Å². The van der Waals surface area contributed by atoms with E-state index in [1.807, 2.05) is 36.4 Å². The van der Waals surface area contributed by atoms with Crippen molar-refractivity contribution in [2.45, 2.75) is 19.8 Å². The van der Waals surface area contributed by atoms with Gasteiger partial charge in [-0.1, -0.05) is 48.6 Å². The molecule has 0 unspecified atom stereocenters. The summed E-state index contributed by atoms with van der Waals surface area (Å²) in [7, 11) is -3.78. The molecular weight excluding hydrogens is 360 g/mol. The number of hydrogen-bond acceptors (Lipinski definition) is 3. The SMILES string of the molecule is Cc1cc(C(F)F)nn1C1=CCC=C(S(N)(=O)=O)C=C1.c1ccccc1. The van der Waals surface area contributed by atoms with Crippen LogP contribution in [0.2, 0.25) is 0 Å². The highest BCUT2D eigenvalue weighted by Gasteiger charge is 2.16. The normalized spacial score (nSPS) is 14.2. The monoisotopic (exact) mass is 379 g/mol. The van der Waals surface area contributed by atoms with Crippen LogP contribution in [0.25, 0.3) is 5.70 Å². The Bertz CT molecular complexity index is 904. The molecule has 1 aliphatic rings. The predicted octanol–water partition coefficient (Wildman–Crippen LogP) is 3.79. The second-order valence-electron chi connectivity index (χ2n) is 5.43. The fourth-order valence-corrected chi connectivity index (χ4v) is 2.81. The molecule has 0 fully saturated rings. The van der Waals surface area contributed by atoms with Gasteiger partial charge in [-0.3, -0.25) is 0 Å². The van der Waals surface area contributed by atoms with E-state index in [1.54, 1.807) is 13.0 Å². The third-order valence-electron chi connectivity index (χ3n) is 3.43. The molecular formula is C18H19F2N3O2S. The number of aromatic nitrogens is 2. The number of benzene rings is 1. The minimum absolute atomic E-state index is 0.0114. The van der Waals surface area contributed by atoms with Crippen LogP contribution in [0, 0.1) is 6.92 Å². The zero-order valence-electron chi connectivity index (χ0n) is 14.1. The highest BCUT2D eigenvalue weighted by Crippen LogP contribution is 2.22. The Labute approximate surface area is 151 Å². The van der Waals surface area contributed by atoms with Crippen molar-refractivity contribution in [3.8, 4) is 0 Å². The second kappa shape index (κ2) is 8.68. The Morgan fingerprint density at radius 3 is 2.12 bits per heavy atom. The summed E-state index contributed by atoms with van der Waals surface area (Å²) in [5.74, 6) is 0. The van der Waals surface area contributed by atoms with E-state index >= 15 is 0 Å². The number of primary sulfonamides is 1. The van der Waals surface area contributed by atoms with Gasteiger partial charge in [-0.05, 0) is 31.6 Å². The van der Waals surface area contributed by atoms with Crippen molar-refractivity contribution in [1.29, 1.82) is 0 Å². The number of nitrogens with zero attached hydrogens (tertiary/aromatic N) is 2. The molecule has 1 aromatic heterocycles. The number of nitrogens with two attached hydrogens (primary N) is 1. The molecule has 5 nitrogen and oxygen atoms in total. The van der Waals surface area contributed by atoms with Gasteiger partial charge in [0.15, 0.2) is 0 Å². The van der Waals surface area contributed by atoms with E-state index in [0.717, 1.165) is 0 Å². The molecule has 8 heteroatoms. The van der Waals surface area contributed by atoms with Gasteiger partial charge in [0, 0.05) is 5.69 Å². The topological polar surface area (TPSA) is 78.0 Å². The van der Waals surface area contributed by atoms with E-state index in [0.29, 0.717) is 17.8 Å². The summed E-state index contributed by atoms with van der Waals surface area (Å²) in [6, 6.07) is 13.3. The molecule has 0 atom stereocenters. The minimum atomic E-state index is -3.78. The average Bonchev–Trinajstić information content (AvgIpc) is 2.82. The second-order valence-corrected chi connectivity index (χ2v) is 6.99.